The predicted octanol–water partition coefficient (Wildman–Crippen LogP) is 2.44. The minimum Gasteiger partial charge on any atom is -0.365 e. The van der Waals surface area contributed by atoms with E-state index in [-0.39, 0.29) is 24.7 Å². The molecule has 1 aliphatic carbocycles. The standard InChI is InChI=1S/C18H24N2O2/c21-18-13-22-17-12-19(14-7-3-1-4-8-14)11-16(17)20(18)15-9-5-2-6-10-15/h2,5-6,9-10,14,16-17H,1,3-4,7-8,11-13H2. The van der Waals surface area contributed by atoms with Gasteiger partial charge in [0, 0.05) is 24.8 Å². The molecule has 2 aliphatic heterocycles. The molecular weight excluding hydrogens is 276 g/mol. The molecule has 1 saturated carbocycles. The van der Waals surface area contributed by atoms with Crippen LogP contribution in [-0.4, -0.2) is 48.7 Å². The number of carbonyl (C=O) groups is 1. The summed E-state index contributed by atoms with van der Waals surface area (Å²) in [6.45, 7) is 2.15. The van der Waals surface area contributed by atoms with Crippen molar-refractivity contribution in [1.82, 2.24) is 4.90 Å². The van der Waals surface area contributed by atoms with E-state index >= 15 is 0 Å². The van der Waals surface area contributed by atoms with Gasteiger partial charge < -0.3 is 9.64 Å². The van der Waals surface area contributed by atoms with Gasteiger partial charge in [0.1, 0.15) is 6.61 Å². The monoisotopic (exact) mass is 300 g/mol. The molecule has 1 aromatic carbocycles. The fourth-order valence-electron chi connectivity index (χ4n) is 4.30. The van der Waals surface area contributed by atoms with Gasteiger partial charge in [0.2, 0.25) is 0 Å². The summed E-state index contributed by atoms with van der Waals surface area (Å²) in [4.78, 5) is 17.0. The average molecular weight is 300 g/mol. The first-order valence-corrected chi connectivity index (χ1v) is 8.56. The van der Waals surface area contributed by atoms with Gasteiger partial charge in [0.25, 0.3) is 5.91 Å². The highest BCUT2D eigenvalue weighted by atomic mass is 16.5. The van der Waals surface area contributed by atoms with Crippen LogP contribution in [0.2, 0.25) is 0 Å². The summed E-state index contributed by atoms with van der Waals surface area (Å²) < 4.78 is 5.85. The second-order valence-electron chi connectivity index (χ2n) is 6.76. The Morgan fingerprint density at radius 3 is 2.55 bits per heavy atom. The van der Waals surface area contributed by atoms with Crippen molar-refractivity contribution < 1.29 is 9.53 Å². The van der Waals surface area contributed by atoms with Crippen LogP contribution < -0.4 is 4.90 Å². The first-order valence-electron chi connectivity index (χ1n) is 8.56. The quantitative estimate of drug-likeness (QED) is 0.841. The molecule has 2 heterocycles. The molecule has 118 valence electrons. The summed E-state index contributed by atoms with van der Waals surface area (Å²) >= 11 is 0. The van der Waals surface area contributed by atoms with Gasteiger partial charge in [-0.1, -0.05) is 37.5 Å². The van der Waals surface area contributed by atoms with Crippen LogP contribution in [0, 0.1) is 0 Å². The van der Waals surface area contributed by atoms with Crippen LogP contribution in [0.5, 0.6) is 0 Å². The predicted molar refractivity (Wildman–Crippen MR) is 85.9 cm³/mol. The summed E-state index contributed by atoms with van der Waals surface area (Å²) in [5.41, 5.74) is 1.01. The molecule has 4 heteroatoms. The molecule has 4 nitrogen and oxygen atoms in total. The third kappa shape index (κ3) is 2.55. The molecule has 0 spiro atoms. The van der Waals surface area contributed by atoms with Crippen LogP contribution >= 0.6 is 0 Å². The Hall–Kier alpha value is -1.39. The highest BCUT2D eigenvalue weighted by Gasteiger charge is 2.45. The number of benzene rings is 1. The minimum absolute atomic E-state index is 0.0953. The van der Waals surface area contributed by atoms with Gasteiger partial charge in [0.05, 0.1) is 12.1 Å². The van der Waals surface area contributed by atoms with Crippen molar-refractivity contribution in [3.05, 3.63) is 30.3 Å². The molecule has 22 heavy (non-hydrogen) atoms. The van der Waals surface area contributed by atoms with Gasteiger partial charge >= 0.3 is 0 Å². The van der Waals surface area contributed by atoms with Crippen LogP contribution in [-0.2, 0) is 9.53 Å². The zero-order chi connectivity index (χ0) is 14.9. The Morgan fingerprint density at radius 2 is 1.77 bits per heavy atom. The number of nitrogens with zero attached hydrogens (tertiary/aromatic N) is 2. The van der Waals surface area contributed by atoms with Gasteiger partial charge in [-0.25, -0.2) is 0 Å². The van der Waals surface area contributed by atoms with Crippen molar-refractivity contribution in [2.75, 3.05) is 24.6 Å². The van der Waals surface area contributed by atoms with Crippen molar-refractivity contribution in [3.8, 4) is 0 Å². The summed E-state index contributed by atoms with van der Waals surface area (Å²) in [5, 5.41) is 0. The van der Waals surface area contributed by atoms with E-state index in [1.807, 2.05) is 35.2 Å². The van der Waals surface area contributed by atoms with E-state index in [1.54, 1.807) is 0 Å². The first-order chi connectivity index (χ1) is 10.8. The molecule has 1 aromatic rings. The van der Waals surface area contributed by atoms with E-state index in [9.17, 15) is 4.79 Å². The summed E-state index contributed by atoms with van der Waals surface area (Å²) in [6.07, 6.45) is 6.84. The largest absolute Gasteiger partial charge is 0.365 e. The Labute approximate surface area is 132 Å². The SMILES string of the molecule is O=C1COC2CN(C3CCCCC3)CC2N1c1ccccc1. The molecule has 0 bridgehead atoms. The molecule has 2 saturated heterocycles. The van der Waals surface area contributed by atoms with Gasteiger partial charge in [-0.05, 0) is 25.0 Å². The lowest BCUT2D eigenvalue weighted by atomic mass is 9.94. The number of para-hydroxylation sites is 1. The van der Waals surface area contributed by atoms with E-state index in [1.165, 1.54) is 32.1 Å². The van der Waals surface area contributed by atoms with Crippen molar-refractivity contribution >= 4 is 11.6 Å². The molecule has 0 N–H and O–H groups in total. The van der Waals surface area contributed by atoms with E-state index < -0.39 is 0 Å². The zero-order valence-electron chi connectivity index (χ0n) is 13.0. The molecular formula is C18H24N2O2. The number of carbonyl (C=O) groups excluding carboxylic acids is 1. The fraction of sp³-hybridized carbons (Fsp3) is 0.611. The fourth-order valence-corrected chi connectivity index (χ4v) is 4.30. The lowest BCUT2D eigenvalue weighted by molar-refractivity contribution is -0.130. The van der Waals surface area contributed by atoms with Crippen molar-refractivity contribution in [3.63, 3.8) is 0 Å². The van der Waals surface area contributed by atoms with E-state index in [2.05, 4.69) is 4.90 Å². The maximum Gasteiger partial charge on any atom is 0.253 e. The molecule has 2 atom stereocenters. The number of hydrogen-bond acceptors (Lipinski definition) is 3. The number of ether oxygens (including phenoxy) is 1. The molecule has 0 radical (unpaired) electrons. The van der Waals surface area contributed by atoms with Crippen LogP contribution in [0.15, 0.2) is 30.3 Å². The van der Waals surface area contributed by atoms with E-state index in [0.29, 0.717) is 6.04 Å². The van der Waals surface area contributed by atoms with Crippen LogP contribution in [0.4, 0.5) is 5.69 Å². The lowest BCUT2D eigenvalue weighted by Crippen LogP contribution is -2.54. The maximum absolute atomic E-state index is 12.4. The van der Waals surface area contributed by atoms with Gasteiger partial charge in [0.15, 0.2) is 0 Å². The topological polar surface area (TPSA) is 32.8 Å². The average Bonchev–Trinajstić information content (AvgIpc) is 3.00. The van der Waals surface area contributed by atoms with E-state index in [4.69, 9.17) is 4.74 Å². The number of likely N-dealkylation sites (tertiary alicyclic amines) is 1. The Balaban J connectivity index is 1.54. The minimum atomic E-state index is 0.0953. The molecule has 4 rings (SSSR count). The third-order valence-electron chi connectivity index (χ3n) is 5.41. The van der Waals surface area contributed by atoms with Gasteiger partial charge in [-0.3, -0.25) is 9.69 Å². The normalized spacial score (nSPS) is 30.5. The second kappa shape index (κ2) is 6.01. The zero-order valence-corrected chi connectivity index (χ0v) is 13.0. The first kappa shape index (κ1) is 14.2. The number of fused-ring (bicyclic) bond motifs is 1. The lowest BCUT2D eigenvalue weighted by Gasteiger charge is -2.37. The molecule has 2 unspecified atom stereocenters. The molecule has 3 fully saturated rings. The summed E-state index contributed by atoms with van der Waals surface area (Å²) in [6, 6.07) is 10.9. The second-order valence-corrected chi connectivity index (χ2v) is 6.76. The number of morpholine rings is 1. The van der Waals surface area contributed by atoms with Crippen molar-refractivity contribution in [1.29, 1.82) is 0 Å². The van der Waals surface area contributed by atoms with Gasteiger partial charge in [-0.15, -0.1) is 0 Å². The summed E-state index contributed by atoms with van der Waals surface area (Å²) in [5.74, 6) is 0.0953. The Bertz CT molecular complexity index is 527. The van der Waals surface area contributed by atoms with Crippen molar-refractivity contribution in [2.45, 2.75) is 50.3 Å². The van der Waals surface area contributed by atoms with Gasteiger partial charge in [-0.2, -0.15) is 0 Å². The highest BCUT2D eigenvalue weighted by molar-refractivity contribution is 5.95. The third-order valence-corrected chi connectivity index (χ3v) is 5.41. The number of hydrogen-bond donors (Lipinski definition) is 0. The molecule has 1 amide bonds. The van der Waals surface area contributed by atoms with E-state index in [0.717, 1.165) is 18.8 Å². The Morgan fingerprint density at radius 1 is 1.00 bits per heavy atom. The number of anilines is 1. The van der Waals surface area contributed by atoms with Crippen LogP contribution in [0.25, 0.3) is 0 Å². The highest BCUT2D eigenvalue weighted by Crippen LogP contribution is 2.32. The maximum atomic E-state index is 12.4. The van der Waals surface area contributed by atoms with Crippen molar-refractivity contribution in [2.24, 2.45) is 0 Å². The number of amides is 1. The molecule has 3 aliphatic rings. The summed E-state index contributed by atoms with van der Waals surface area (Å²) in [7, 11) is 0. The van der Waals surface area contributed by atoms with Crippen LogP contribution in [0.1, 0.15) is 32.1 Å². The molecule has 0 aromatic heterocycles. The smallest absolute Gasteiger partial charge is 0.253 e. The number of rotatable bonds is 2. The Kier molecular flexibility index (Phi) is 3.89. The van der Waals surface area contributed by atoms with Crippen LogP contribution in [0.3, 0.4) is 0 Å².